The number of amidine groups is 1. The summed E-state index contributed by atoms with van der Waals surface area (Å²) < 4.78 is 24.2. The van der Waals surface area contributed by atoms with Crippen molar-refractivity contribution in [2.75, 3.05) is 25.1 Å². The van der Waals surface area contributed by atoms with Crippen molar-refractivity contribution >= 4 is 27.0 Å². The average Bonchev–Trinajstić information content (AvgIpc) is 2.74. The summed E-state index contributed by atoms with van der Waals surface area (Å²) in [5, 5.41) is 4.54. The van der Waals surface area contributed by atoms with Crippen LogP contribution in [0.2, 0.25) is 0 Å². The van der Waals surface area contributed by atoms with E-state index in [1.165, 1.54) is 31.3 Å². The van der Waals surface area contributed by atoms with Gasteiger partial charge in [-0.15, -0.1) is 0 Å². The number of thioether (sulfide) groups is 1. The molecule has 0 aromatic heterocycles. The molecule has 1 heterocycles. The van der Waals surface area contributed by atoms with Crippen LogP contribution < -0.4 is 10.0 Å². The van der Waals surface area contributed by atoms with E-state index in [1.807, 2.05) is 0 Å². The summed E-state index contributed by atoms with van der Waals surface area (Å²) in [7, 11) is -3.06. The lowest BCUT2D eigenvalue weighted by atomic mass is 10.1. The highest BCUT2D eigenvalue weighted by atomic mass is 32.2. The fourth-order valence-electron chi connectivity index (χ4n) is 2.42. The van der Waals surface area contributed by atoms with Gasteiger partial charge in [-0.3, -0.25) is 4.99 Å². The largest absolute Gasteiger partial charge is 0.362 e. The maximum Gasteiger partial charge on any atom is 0.208 e. The minimum absolute atomic E-state index is 0.465. The second kappa shape index (κ2) is 6.25. The lowest BCUT2D eigenvalue weighted by Crippen LogP contribution is -2.41. The van der Waals surface area contributed by atoms with Crippen molar-refractivity contribution in [3.8, 4) is 0 Å². The maximum absolute atomic E-state index is 10.9. The van der Waals surface area contributed by atoms with Gasteiger partial charge in [0.05, 0.1) is 6.26 Å². The van der Waals surface area contributed by atoms with E-state index in [9.17, 15) is 8.42 Å². The Labute approximate surface area is 113 Å². The van der Waals surface area contributed by atoms with Crippen molar-refractivity contribution in [1.82, 2.24) is 10.0 Å². The Kier molecular flexibility index (Phi) is 4.91. The normalized spacial score (nSPS) is 30.2. The third-order valence-corrected chi connectivity index (χ3v) is 5.20. The van der Waals surface area contributed by atoms with Crippen molar-refractivity contribution in [3.63, 3.8) is 0 Å². The predicted molar refractivity (Wildman–Crippen MR) is 76.5 cm³/mol. The Hall–Kier alpha value is -0.270. The van der Waals surface area contributed by atoms with Crippen molar-refractivity contribution < 1.29 is 8.42 Å². The zero-order valence-corrected chi connectivity index (χ0v) is 12.3. The van der Waals surface area contributed by atoms with Gasteiger partial charge in [0, 0.05) is 24.9 Å². The van der Waals surface area contributed by atoms with Crippen LogP contribution in [-0.4, -0.2) is 44.7 Å². The maximum atomic E-state index is 10.9. The molecule has 2 N–H and O–H groups in total. The van der Waals surface area contributed by atoms with Crippen LogP contribution >= 0.6 is 11.8 Å². The van der Waals surface area contributed by atoms with Gasteiger partial charge >= 0.3 is 0 Å². The van der Waals surface area contributed by atoms with Gasteiger partial charge < -0.3 is 5.32 Å². The Morgan fingerprint density at radius 3 is 3.11 bits per heavy atom. The Morgan fingerprint density at radius 2 is 2.33 bits per heavy atom. The topological polar surface area (TPSA) is 70.6 Å². The minimum atomic E-state index is -3.06. The van der Waals surface area contributed by atoms with Gasteiger partial charge in [0.15, 0.2) is 5.17 Å². The van der Waals surface area contributed by atoms with E-state index in [4.69, 9.17) is 0 Å². The van der Waals surface area contributed by atoms with Gasteiger partial charge in [0.25, 0.3) is 0 Å². The SMILES string of the molecule is CS(=O)(=O)NCCCN=C1NC2CCCC2CS1. The van der Waals surface area contributed by atoms with Gasteiger partial charge in [0.1, 0.15) is 0 Å². The molecule has 5 nitrogen and oxygen atoms in total. The average molecular weight is 291 g/mol. The monoisotopic (exact) mass is 291 g/mol. The van der Waals surface area contributed by atoms with Crippen molar-refractivity contribution in [2.24, 2.45) is 10.9 Å². The highest BCUT2D eigenvalue weighted by molar-refractivity contribution is 8.13. The Balaban J connectivity index is 1.67. The molecule has 104 valence electrons. The molecule has 2 aliphatic rings. The highest BCUT2D eigenvalue weighted by Gasteiger charge is 2.31. The molecule has 1 aliphatic heterocycles. The molecule has 2 unspecified atom stereocenters. The summed E-state index contributed by atoms with van der Waals surface area (Å²) in [4.78, 5) is 4.50. The number of nitrogens with one attached hydrogen (secondary N) is 2. The summed E-state index contributed by atoms with van der Waals surface area (Å²) in [5.74, 6) is 2.00. The Bertz CT molecular complexity index is 409. The summed E-state index contributed by atoms with van der Waals surface area (Å²) in [5.41, 5.74) is 0. The van der Waals surface area contributed by atoms with E-state index in [-0.39, 0.29) is 0 Å². The molecule has 1 saturated heterocycles. The molecular formula is C11H21N3O2S2. The fraction of sp³-hybridized carbons (Fsp3) is 0.909. The second-order valence-corrected chi connectivity index (χ2v) is 7.80. The first-order valence-corrected chi connectivity index (χ1v) is 9.31. The molecule has 1 saturated carbocycles. The van der Waals surface area contributed by atoms with Gasteiger partial charge in [0.2, 0.25) is 10.0 Å². The molecule has 2 rings (SSSR count). The predicted octanol–water partition coefficient (Wildman–Crippen LogP) is 0.787. The van der Waals surface area contributed by atoms with Crippen molar-refractivity contribution in [3.05, 3.63) is 0 Å². The summed E-state index contributed by atoms with van der Waals surface area (Å²) in [6, 6.07) is 0.624. The first-order valence-electron chi connectivity index (χ1n) is 6.43. The summed E-state index contributed by atoms with van der Waals surface area (Å²) in [6.07, 6.45) is 5.86. The number of hydrogen-bond acceptors (Lipinski definition) is 4. The van der Waals surface area contributed by atoms with E-state index in [2.05, 4.69) is 15.0 Å². The molecule has 0 bridgehead atoms. The van der Waals surface area contributed by atoms with E-state index in [1.54, 1.807) is 11.8 Å². The van der Waals surface area contributed by atoms with Gasteiger partial charge in [-0.2, -0.15) is 0 Å². The van der Waals surface area contributed by atoms with Gasteiger partial charge in [-0.25, -0.2) is 13.1 Å². The molecule has 18 heavy (non-hydrogen) atoms. The van der Waals surface area contributed by atoms with Crippen LogP contribution in [-0.2, 0) is 10.0 Å². The third-order valence-electron chi connectivity index (χ3n) is 3.36. The van der Waals surface area contributed by atoms with Crippen LogP contribution in [0.3, 0.4) is 0 Å². The number of aliphatic imine (C=N–C) groups is 1. The molecule has 0 radical (unpaired) electrons. The first kappa shape index (κ1) is 14.1. The zero-order valence-electron chi connectivity index (χ0n) is 10.7. The van der Waals surface area contributed by atoms with Crippen molar-refractivity contribution in [2.45, 2.75) is 31.7 Å². The molecule has 2 fully saturated rings. The van der Waals surface area contributed by atoms with Crippen LogP contribution in [0.1, 0.15) is 25.7 Å². The van der Waals surface area contributed by atoms with Crippen LogP contribution in [0.25, 0.3) is 0 Å². The van der Waals surface area contributed by atoms with Crippen molar-refractivity contribution in [1.29, 1.82) is 0 Å². The lowest BCUT2D eigenvalue weighted by Gasteiger charge is -2.28. The minimum Gasteiger partial charge on any atom is -0.362 e. The van der Waals surface area contributed by atoms with E-state index < -0.39 is 10.0 Å². The zero-order chi connectivity index (χ0) is 13.0. The molecule has 0 aromatic rings. The quantitative estimate of drug-likeness (QED) is 0.735. The van der Waals surface area contributed by atoms with Gasteiger partial charge in [-0.05, 0) is 25.2 Å². The Morgan fingerprint density at radius 1 is 1.50 bits per heavy atom. The molecular weight excluding hydrogens is 270 g/mol. The number of nitrogens with zero attached hydrogens (tertiary/aromatic N) is 1. The molecule has 1 aliphatic carbocycles. The lowest BCUT2D eigenvalue weighted by molar-refractivity contribution is 0.489. The summed E-state index contributed by atoms with van der Waals surface area (Å²) in [6.45, 7) is 1.14. The highest BCUT2D eigenvalue weighted by Crippen LogP contribution is 2.32. The van der Waals surface area contributed by atoms with E-state index >= 15 is 0 Å². The van der Waals surface area contributed by atoms with Crippen LogP contribution in [0, 0.1) is 5.92 Å². The molecule has 0 spiro atoms. The second-order valence-electron chi connectivity index (χ2n) is 4.96. The fourth-order valence-corrected chi connectivity index (χ4v) is 4.12. The number of sulfonamides is 1. The smallest absolute Gasteiger partial charge is 0.208 e. The number of fused-ring (bicyclic) bond motifs is 1. The first-order chi connectivity index (χ1) is 8.54. The van der Waals surface area contributed by atoms with E-state index in [0.29, 0.717) is 19.1 Å². The molecule has 0 amide bonds. The standard InChI is InChI=1S/C11H21N3O2S2/c1-18(15,16)13-7-3-6-12-11-14-10-5-2-4-9(10)8-17-11/h9-10,13H,2-8H2,1H3,(H,12,14). The summed E-state index contributed by atoms with van der Waals surface area (Å²) >= 11 is 1.80. The van der Waals surface area contributed by atoms with Crippen LogP contribution in [0.15, 0.2) is 4.99 Å². The number of hydrogen-bond donors (Lipinski definition) is 2. The molecule has 7 heteroatoms. The third kappa shape index (κ3) is 4.44. The number of rotatable bonds is 5. The molecule has 0 aromatic carbocycles. The van der Waals surface area contributed by atoms with E-state index in [0.717, 1.165) is 17.5 Å². The molecule has 2 atom stereocenters. The van der Waals surface area contributed by atoms with Crippen LogP contribution in [0.4, 0.5) is 0 Å². The van der Waals surface area contributed by atoms with Gasteiger partial charge in [-0.1, -0.05) is 18.2 Å². The van der Waals surface area contributed by atoms with Crippen LogP contribution in [0.5, 0.6) is 0 Å².